The molecule has 5 heteroatoms. The smallest absolute Gasteiger partial charge is 0.220 e. The van der Waals surface area contributed by atoms with E-state index in [-0.39, 0.29) is 28.9 Å². The molecule has 1 aromatic carbocycles. The van der Waals surface area contributed by atoms with Gasteiger partial charge in [0.15, 0.2) is 11.5 Å². The summed E-state index contributed by atoms with van der Waals surface area (Å²) >= 11 is 0. The molecule has 1 aliphatic heterocycles. The molecule has 1 spiro atoms. The fourth-order valence-electron chi connectivity index (χ4n) is 6.82. The topological polar surface area (TPSA) is 56.8 Å². The SMILES string of the molecule is COc1cccc([C@H]2OCCC34C[C@@H](C[C@H]23)C(C)(C)[C@H]4NC(=O)CC(C)C)c1OC. The third kappa shape index (κ3) is 3.21. The van der Waals surface area contributed by atoms with Crippen LogP contribution in [0.25, 0.3) is 0 Å². The Morgan fingerprint density at radius 3 is 2.70 bits per heavy atom. The number of carbonyl (C=O) groups excluding carboxylic acids is 1. The standard InChI is InChI=1S/C25H37NO4/c1-15(2)12-20(27)26-23-24(3,4)16-13-18-21(30-11-10-25(18,23)14-16)17-8-7-9-19(28-5)22(17)29-6/h7-9,15-16,18,21,23H,10-14H2,1-6H3,(H,26,27)/t16-,18-,21-,23-,25?/m1/s1. The lowest BCUT2D eigenvalue weighted by molar-refractivity contribution is -0.138. The first-order valence-corrected chi connectivity index (χ1v) is 11.4. The van der Waals surface area contributed by atoms with Gasteiger partial charge in [-0.05, 0) is 53.9 Å². The molecule has 2 saturated carbocycles. The third-order valence-electron chi connectivity index (χ3n) is 8.14. The van der Waals surface area contributed by atoms with Gasteiger partial charge in [-0.3, -0.25) is 4.79 Å². The van der Waals surface area contributed by atoms with Gasteiger partial charge in [0.2, 0.25) is 5.91 Å². The van der Waals surface area contributed by atoms with Crippen molar-refractivity contribution >= 4 is 5.91 Å². The number of fused-ring (bicyclic) bond motifs is 1. The van der Waals surface area contributed by atoms with Crippen molar-refractivity contribution in [2.75, 3.05) is 20.8 Å². The van der Waals surface area contributed by atoms with Crippen molar-refractivity contribution in [1.82, 2.24) is 5.32 Å². The Morgan fingerprint density at radius 1 is 1.27 bits per heavy atom. The number of hydrogen-bond donors (Lipinski definition) is 1. The van der Waals surface area contributed by atoms with Crippen LogP contribution in [0.4, 0.5) is 0 Å². The summed E-state index contributed by atoms with van der Waals surface area (Å²) in [4.78, 5) is 12.8. The van der Waals surface area contributed by atoms with Crippen LogP contribution in [0.5, 0.6) is 11.5 Å². The maximum atomic E-state index is 12.8. The summed E-state index contributed by atoms with van der Waals surface area (Å²) in [5.74, 6) is 3.02. The van der Waals surface area contributed by atoms with Crippen LogP contribution in [0.15, 0.2) is 18.2 Å². The van der Waals surface area contributed by atoms with Crippen molar-refractivity contribution in [2.45, 2.75) is 65.5 Å². The lowest BCUT2D eigenvalue weighted by Gasteiger charge is -2.53. The Bertz CT molecular complexity index is 804. The van der Waals surface area contributed by atoms with Gasteiger partial charge in [0.1, 0.15) is 0 Å². The maximum Gasteiger partial charge on any atom is 0.220 e. The summed E-state index contributed by atoms with van der Waals surface area (Å²) in [6.45, 7) is 9.61. The molecule has 0 aromatic heterocycles. The zero-order chi connectivity index (χ0) is 21.7. The van der Waals surface area contributed by atoms with Gasteiger partial charge in [0.25, 0.3) is 0 Å². The molecule has 5 atom stereocenters. The minimum atomic E-state index is -0.0330. The normalized spacial score (nSPS) is 34.0. The van der Waals surface area contributed by atoms with Gasteiger partial charge in [-0.1, -0.05) is 39.8 Å². The van der Waals surface area contributed by atoms with Crippen molar-refractivity contribution in [3.8, 4) is 11.5 Å². The van der Waals surface area contributed by atoms with E-state index in [2.05, 4.69) is 39.1 Å². The number of methoxy groups -OCH3 is 2. The minimum absolute atomic E-state index is 0.0330. The van der Waals surface area contributed by atoms with Gasteiger partial charge >= 0.3 is 0 Å². The number of benzene rings is 1. The second kappa shape index (κ2) is 7.74. The molecule has 30 heavy (non-hydrogen) atoms. The van der Waals surface area contributed by atoms with Crippen molar-refractivity contribution < 1.29 is 19.0 Å². The predicted octanol–water partition coefficient (Wildman–Crippen LogP) is 4.75. The fraction of sp³-hybridized carbons (Fsp3) is 0.720. The van der Waals surface area contributed by atoms with Crippen LogP contribution in [0.2, 0.25) is 0 Å². The van der Waals surface area contributed by atoms with E-state index in [1.54, 1.807) is 14.2 Å². The van der Waals surface area contributed by atoms with Gasteiger partial charge in [0.05, 0.1) is 20.3 Å². The van der Waals surface area contributed by atoms with Crippen LogP contribution >= 0.6 is 0 Å². The molecule has 4 rings (SSSR count). The number of rotatable bonds is 6. The largest absolute Gasteiger partial charge is 0.493 e. The van der Waals surface area contributed by atoms with E-state index in [9.17, 15) is 4.79 Å². The first-order chi connectivity index (χ1) is 14.2. The zero-order valence-electron chi connectivity index (χ0n) is 19.3. The average Bonchev–Trinajstić information content (AvgIpc) is 3.19. The average molecular weight is 416 g/mol. The number of para-hydroxylation sites is 1. The lowest BCUT2D eigenvalue weighted by atomic mass is 9.58. The molecule has 1 saturated heterocycles. The predicted molar refractivity (Wildman–Crippen MR) is 117 cm³/mol. The molecular weight excluding hydrogens is 378 g/mol. The molecule has 1 unspecified atom stereocenters. The molecule has 166 valence electrons. The molecule has 0 radical (unpaired) electrons. The summed E-state index contributed by atoms with van der Waals surface area (Å²) in [5.41, 5.74) is 1.25. The van der Waals surface area contributed by atoms with E-state index in [0.717, 1.165) is 29.9 Å². The maximum absolute atomic E-state index is 12.8. The first-order valence-electron chi connectivity index (χ1n) is 11.4. The van der Waals surface area contributed by atoms with Gasteiger partial charge in [-0.2, -0.15) is 0 Å². The van der Waals surface area contributed by atoms with Gasteiger partial charge < -0.3 is 19.5 Å². The van der Waals surface area contributed by atoms with E-state index >= 15 is 0 Å². The van der Waals surface area contributed by atoms with Gasteiger partial charge in [0, 0.05) is 24.6 Å². The van der Waals surface area contributed by atoms with Crippen molar-refractivity contribution in [3.63, 3.8) is 0 Å². The van der Waals surface area contributed by atoms with E-state index < -0.39 is 0 Å². The Balaban J connectivity index is 1.69. The molecule has 1 aromatic rings. The molecule has 1 heterocycles. The Hall–Kier alpha value is -1.75. The van der Waals surface area contributed by atoms with Crippen molar-refractivity contribution in [2.24, 2.45) is 28.6 Å². The van der Waals surface area contributed by atoms with Crippen LogP contribution in [-0.4, -0.2) is 32.8 Å². The van der Waals surface area contributed by atoms with E-state index in [4.69, 9.17) is 14.2 Å². The Morgan fingerprint density at radius 2 is 2.03 bits per heavy atom. The molecular formula is C25H37NO4. The molecule has 1 amide bonds. The quantitative estimate of drug-likeness (QED) is 0.729. The van der Waals surface area contributed by atoms with Crippen LogP contribution in [0, 0.1) is 28.6 Å². The third-order valence-corrected chi connectivity index (χ3v) is 8.14. The highest BCUT2D eigenvalue weighted by Gasteiger charge is 2.68. The fourth-order valence-corrected chi connectivity index (χ4v) is 6.82. The first kappa shape index (κ1) is 21.5. The summed E-state index contributed by atoms with van der Waals surface area (Å²) in [7, 11) is 3.37. The highest BCUT2D eigenvalue weighted by molar-refractivity contribution is 5.76. The van der Waals surface area contributed by atoms with Crippen LogP contribution in [0.1, 0.15) is 65.0 Å². The molecule has 3 aliphatic rings. The molecule has 2 bridgehead atoms. The molecule has 2 aliphatic carbocycles. The molecule has 1 N–H and O–H groups in total. The number of nitrogens with one attached hydrogen (secondary N) is 1. The molecule has 5 nitrogen and oxygen atoms in total. The lowest BCUT2D eigenvalue weighted by Crippen LogP contribution is -2.59. The Kier molecular flexibility index (Phi) is 5.54. The number of carbonyl (C=O) groups is 1. The second-order valence-electron chi connectivity index (χ2n) is 10.5. The zero-order valence-corrected chi connectivity index (χ0v) is 19.3. The Labute approximate surface area is 180 Å². The van der Waals surface area contributed by atoms with Crippen molar-refractivity contribution in [3.05, 3.63) is 23.8 Å². The monoisotopic (exact) mass is 415 g/mol. The minimum Gasteiger partial charge on any atom is -0.493 e. The van der Waals surface area contributed by atoms with Crippen LogP contribution < -0.4 is 14.8 Å². The van der Waals surface area contributed by atoms with E-state index in [0.29, 0.717) is 30.8 Å². The summed E-state index contributed by atoms with van der Waals surface area (Å²) in [5, 5.41) is 3.49. The van der Waals surface area contributed by atoms with Crippen LogP contribution in [0.3, 0.4) is 0 Å². The molecule has 3 fully saturated rings. The highest BCUT2D eigenvalue weighted by atomic mass is 16.5. The number of amides is 1. The summed E-state index contributed by atoms with van der Waals surface area (Å²) in [6, 6.07) is 6.23. The number of hydrogen-bond acceptors (Lipinski definition) is 4. The van der Waals surface area contributed by atoms with Crippen molar-refractivity contribution in [1.29, 1.82) is 0 Å². The van der Waals surface area contributed by atoms with E-state index in [1.807, 2.05) is 12.1 Å². The highest BCUT2D eigenvalue weighted by Crippen LogP contribution is 2.71. The van der Waals surface area contributed by atoms with Gasteiger partial charge in [-0.15, -0.1) is 0 Å². The number of ether oxygens (including phenoxy) is 3. The van der Waals surface area contributed by atoms with Gasteiger partial charge in [-0.25, -0.2) is 0 Å². The summed E-state index contributed by atoms with van der Waals surface area (Å²) < 4.78 is 17.7. The van der Waals surface area contributed by atoms with E-state index in [1.165, 1.54) is 6.42 Å². The summed E-state index contributed by atoms with van der Waals surface area (Å²) in [6.07, 6.45) is 3.86. The van der Waals surface area contributed by atoms with Crippen LogP contribution in [-0.2, 0) is 9.53 Å². The second-order valence-corrected chi connectivity index (χ2v) is 10.5.